The smallest absolute Gasteiger partial charge is 0.387 e. The predicted octanol–water partition coefficient (Wildman–Crippen LogP) is 3.83. The van der Waals surface area contributed by atoms with E-state index in [0.717, 1.165) is 18.2 Å². The second kappa shape index (κ2) is 10.4. The highest BCUT2D eigenvalue weighted by atomic mass is 19.3. The van der Waals surface area contributed by atoms with Gasteiger partial charge in [-0.3, -0.25) is 4.99 Å². The van der Waals surface area contributed by atoms with Crippen molar-refractivity contribution < 1.29 is 27.0 Å². The van der Waals surface area contributed by atoms with E-state index in [-0.39, 0.29) is 36.1 Å². The molecule has 0 saturated carbocycles. The van der Waals surface area contributed by atoms with Crippen LogP contribution in [-0.2, 0) is 13.1 Å². The van der Waals surface area contributed by atoms with Gasteiger partial charge in [-0.1, -0.05) is 12.1 Å². The molecule has 0 aliphatic rings. The maximum absolute atomic E-state index is 13.7. The Labute approximate surface area is 160 Å². The number of alkyl halides is 2. The number of aliphatic imine (C=N–C) groups is 1. The van der Waals surface area contributed by atoms with E-state index in [1.165, 1.54) is 13.1 Å². The zero-order valence-electron chi connectivity index (χ0n) is 15.4. The lowest BCUT2D eigenvalue weighted by Crippen LogP contribution is -2.36. The zero-order valence-corrected chi connectivity index (χ0v) is 15.4. The molecule has 152 valence electrons. The minimum Gasteiger partial charge on any atom is -0.490 e. The zero-order chi connectivity index (χ0) is 20.5. The number of hydrogen-bond donors (Lipinski definition) is 2. The SMILES string of the molecule is CCOc1cccc(CNC(=NC)NCc2cc(F)ccc2F)c1OC(F)F. The number of guanidine groups is 1. The first kappa shape index (κ1) is 21.3. The van der Waals surface area contributed by atoms with Gasteiger partial charge in [0.25, 0.3) is 0 Å². The first-order valence-electron chi connectivity index (χ1n) is 8.52. The number of para-hydroxylation sites is 1. The molecule has 0 fully saturated rings. The van der Waals surface area contributed by atoms with Crippen molar-refractivity contribution in [3.63, 3.8) is 0 Å². The highest BCUT2D eigenvalue weighted by Gasteiger charge is 2.16. The first-order valence-corrected chi connectivity index (χ1v) is 8.52. The van der Waals surface area contributed by atoms with Gasteiger partial charge in [-0.15, -0.1) is 0 Å². The van der Waals surface area contributed by atoms with Crippen molar-refractivity contribution in [2.75, 3.05) is 13.7 Å². The topological polar surface area (TPSA) is 54.9 Å². The number of halogens is 4. The Kier molecular flexibility index (Phi) is 7.91. The Bertz CT molecular complexity index is 816. The van der Waals surface area contributed by atoms with Gasteiger partial charge in [0.15, 0.2) is 17.5 Å². The second-order valence-corrected chi connectivity index (χ2v) is 5.57. The monoisotopic (exact) mass is 399 g/mol. The fourth-order valence-electron chi connectivity index (χ4n) is 2.45. The van der Waals surface area contributed by atoms with Crippen molar-refractivity contribution >= 4 is 5.96 Å². The van der Waals surface area contributed by atoms with Gasteiger partial charge in [0.1, 0.15) is 11.6 Å². The van der Waals surface area contributed by atoms with Crippen molar-refractivity contribution in [1.29, 1.82) is 0 Å². The summed E-state index contributed by atoms with van der Waals surface area (Å²) in [4.78, 5) is 3.98. The van der Waals surface area contributed by atoms with Crippen LogP contribution in [0.25, 0.3) is 0 Å². The highest BCUT2D eigenvalue weighted by Crippen LogP contribution is 2.32. The number of ether oxygens (including phenoxy) is 2. The van der Waals surface area contributed by atoms with Crippen LogP contribution in [0, 0.1) is 11.6 Å². The lowest BCUT2D eigenvalue weighted by Gasteiger charge is -2.17. The van der Waals surface area contributed by atoms with Crippen LogP contribution >= 0.6 is 0 Å². The molecule has 0 unspecified atom stereocenters. The summed E-state index contributed by atoms with van der Waals surface area (Å²) in [6.07, 6.45) is 0. The summed E-state index contributed by atoms with van der Waals surface area (Å²) in [6, 6.07) is 7.93. The molecule has 2 rings (SSSR count). The van der Waals surface area contributed by atoms with Gasteiger partial charge in [0, 0.05) is 31.3 Å². The summed E-state index contributed by atoms with van der Waals surface area (Å²) < 4.78 is 62.4. The Hall–Kier alpha value is -2.97. The molecule has 0 atom stereocenters. The van der Waals surface area contributed by atoms with Crippen LogP contribution in [0.4, 0.5) is 17.6 Å². The average molecular weight is 399 g/mol. The summed E-state index contributed by atoms with van der Waals surface area (Å²) in [7, 11) is 1.49. The number of rotatable bonds is 8. The van der Waals surface area contributed by atoms with Crippen molar-refractivity contribution in [2.24, 2.45) is 4.99 Å². The highest BCUT2D eigenvalue weighted by molar-refractivity contribution is 5.79. The van der Waals surface area contributed by atoms with Gasteiger partial charge >= 0.3 is 6.61 Å². The molecule has 0 bridgehead atoms. The number of hydrogen-bond acceptors (Lipinski definition) is 3. The largest absolute Gasteiger partial charge is 0.490 e. The quantitative estimate of drug-likeness (QED) is 0.403. The van der Waals surface area contributed by atoms with Gasteiger partial charge in [-0.25, -0.2) is 8.78 Å². The third-order valence-electron chi connectivity index (χ3n) is 3.69. The fraction of sp³-hybridized carbons (Fsp3) is 0.316. The van der Waals surface area contributed by atoms with Crippen LogP contribution in [-0.4, -0.2) is 26.2 Å². The molecule has 9 heteroatoms. The maximum Gasteiger partial charge on any atom is 0.387 e. The van der Waals surface area contributed by atoms with Crippen LogP contribution in [0.5, 0.6) is 11.5 Å². The average Bonchev–Trinajstić information content (AvgIpc) is 2.66. The number of nitrogens with zero attached hydrogens (tertiary/aromatic N) is 1. The van der Waals surface area contributed by atoms with Crippen molar-refractivity contribution in [3.05, 3.63) is 59.2 Å². The molecule has 2 aromatic carbocycles. The van der Waals surface area contributed by atoms with Gasteiger partial charge in [-0.05, 0) is 31.2 Å². The Morgan fingerprint density at radius 1 is 1.07 bits per heavy atom. The lowest BCUT2D eigenvalue weighted by atomic mass is 10.2. The van der Waals surface area contributed by atoms with Crippen LogP contribution < -0.4 is 20.1 Å². The third-order valence-corrected chi connectivity index (χ3v) is 3.69. The Balaban J connectivity index is 2.06. The van der Waals surface area contributed by atoms with E-state index in [2.05, 4.69) is 20.4 Å². The Morgan fingerprint density at radius 3 is 2.43 bits per heavy atom. The molecule has 0 saturated heterocycles. The van der Waals surface area contributed by atoms with Crippen LogP contribution in [0.3, 0.4) is 0 Å². The van der Waals surface area contributed by atoms with Gasteiger partial charge in [-0.2, -0.15) is 8.78 Å². The summed E-state index contributed by atoms with van der Waals surface area (Å²) in [5.74, 6) is -0.706. The molecule has 0 spiro atoms. The van der Waals surface area contributed by atoms with E-state index >= 15 is 0 Å². The second-order valence-electron chi connectivity index (χ2n) is 5.57. The molecule has 28 heavy (non-hydrogen) atoms. The minimum atomic E-state index is -3.01. The number of benzene rings is 2. The van der Waals surface area contributed by atoms with E-state index < -0.39 is 18.2 Å². The molecular weight excluding hydrogens is 378 g/mol. The summed E-state index contributed by atoms with van der Waals surface area (Å²) in [5.41, 5.74) is 0.550. The first-order chi connectivity index (χ1) is 13.4. The lowest BCUT2D eigenvalue weighted by molar-refractivity contribution is -0.0520. The van der Waals surface area contributed by atoms with E-state index in [9.17, 15) is 17.6 Å². The van der Waals surface area contributed by atoms with Gasteiger partial charge in [0.05, 0.1) is 6.61 Å². The standard InChI is InChI=1S/C19H21F4N3O2/c1-3-27-16-6-4-5-12(17(16)28-18(22)23)10-25-19(24-2)26-11-13-9-14(20)7-8-15(13)21/h4-9,18H,3,10-11H2,1-2H3,(H2,24,25,26). The summed E-state index contributed by atoms with van der Waals surface area (Å²) >= 11 is 0. The molecule has 0 amide bonds. The molecule has 2 aromatic rings. The molecular formula is C19H21F4N3O2. The van der Waals surface area contributed by atoms with Gasteiger partial charge < -0.3 is 20.1 Å². The molecule has 0 aliphatic carbocycles. The molecule has 0 radical (unpaired) electrons. The minimum absolute atomic E-state index is 0.0113. The van der Waals surface area contributed by atoms with E-state index in [1.807, 2.05) is 0 Å². The van der Waals surface area contributed by atoms with E-state index in [4.69, 9.17) is 4.74 Å². The molecule has 0 aromatic heterocycles. The maximum atomic E-state index is 13.7. The predicted molar refractivity (Wildman–Crippen MR) is 97.6 cm³/mol. The molecule has 2 N–H and O–H groups in total. The fourth-order valence-corrected chi connectivity index (χ4v) is 2.45. The van der Waals surface area contributed by atoms with Crippen molar-refractivity contribution in [1.82, 2.24) is 10.6 Å². The normalized spacial score (nSPS) is 11.5. The van der Waals surface area contributed by atoms with Crippen LogP contribution in [0.15, 0.2) is 41.4 Å². The van der Waals surface area contributed by atoms with E-state index in [1.54, 1.807) is 19.1 Å². The Morgan fingerprint density at radius 2 is 1.79 bits per heavy atom. The summed E-state index contributed by atoms with van der Waals surface area (Å²) in [6.45, 7) is -0.904. The third kappa shape index (κ3) is 6.04. The summed E-state index contributed by atoms with van der Waals surface area (Å²) in [5, 5.41) is 5.75. The van der Waals surface area contributed by atoms with Crippen LogP contribution in [0.1, 0.15) is 18.1 Å². The van der Waals surface area contributed by atoms with Gasteiger partial charge in [0.2, 0.25) is 0 Å². The van der Waals surface area contributed by atoms with Crippen LogP contribution in [0.2, 0.25) is 0 Å². The molecule has 0 aliphatic heterocycles. The van der Waals surface area contributed by atoms with Crippen molar-refractivity contribution in [2.45, 2.75) is 26.6 Å². The number of nitrogens with one attached hydrogen (secondary N) is 2. The van der Waals surface area contributed by atoms with Crippen molar-refractivity contribution in [3.8, 4) is 11.5 Å². The molecule has 5 nitrogen and oxygen atoms in total. The van der Waals surface area contributed by atoms with E-state index in [0.29, 0.717) is 12.2 Å². The molecule has 0 heterocycles.